The SMILES string of the molecule is C=C(N)c1ccc(CNC(=O)[C@H]2CC(=O)[C@H](CS(=O)(=O)Cc3ccc(C(=O)O)cc3)Cc3ccc(cc3)CNC(=O)Cc3cccc(n3)CC(=O)NCc3ccc(cc3)C2)cc1. The van der Waals surface area contributed by atoms with Crippen LogP contribution in [0.2, 0.25) is 0 Å². The lowest BCUT2D eigenvalue weighted by molar-refractivity contribution is -0.130. The molecule has 0 unspecified atom stereocenters. The fraction of sp³-hybridized carbons (Fsp3) is 0.250. The number of benzene rings is 4. The maximum Gasteiger partial charge on any atom is 0.335 e. The molecule has 0 aliphatic carbocycles. The van der Waals surface area contributed by atoms with E-state index in [1.165, 1.54) is 24.3 Å². The van der Waals surface area contributed by atoms with Crippen molar-refractivity contribution in [3.8, 4) is 0 Å². The first-order chi connectivity index (χ1) is 29.7. The molecule has 6 bridgehead atoms. The third-order valence-electron chi connectivity index (χ3n) is 10.6. The van der Waals surface area contributed by atoms with Crippen molar-refractivity contribution in [2.24, 2.45) is 17.6 Å². The normalized spacial score (nSPS) is 16.6. The van der Waals surface area contributed by atoms with E-state index in [0.29, 0.717) is 28.2 Å². The van der Waals surface area contributed by atoms with E-state index in [1.54, 1.807) is 54.6 Å². The number of aromatic nitrogens is 1. The smallest absolute Gasteiger partial charge is 0.335 e. The van der Waals surface area contributed by atoms with Crippen LogP contribution in [0.15, 0.2) is 122 Å². The van der Waals surface area contributed by atoms with Crippen LogP contribution in [-0.2, 0) is 80.1 Å². The van der Waals surface area contributed by atoms with Crippen molar-refractivity contribution in [1.82, 2.24) is 20.9 Å². The van der Waals surface area contributed by atoms with Crippen LogP contribution in [0.1, 0.15) is 67.1 Å². The summed E-state index contributed by atoms with van der Waals surface area (Å²) >= 11 is 0. The van der Waals surface area contributed by atoms with Gasteiger partial charge in [-0.15, -0.1) is 0 Å². The van der Waals surface area contributed by atoms with Gasteiger partial charge in [0.25, 0.3) is 0 Å². The van der Waals surface area contributed by atoms with Gasteiger partial charge in [0.05, 0.1) is 29.9 Å². The van der Waals surface area contributed by atoms with Crippen LogP contribution in [-0.4, -0.2) is 53.7 Å². The second-order valence-electron chi connectivity index (χ2n) is 15.6. The van der Waals surface area contributed by atoms with E-state index < -0.39 is 44.9 Å². The average Bonchev–Trinajstić information content (AvgIpc) is 3.24. The van der Waals surface area contributed by atoms with Gasteiger partial charge in [-0.25, -0.2) is 13.2 Å². The number of carboxylic acid groups (broad SMARTS) is 1. The van der Waals surface area contributed by atoms with E-state index in [1.807, 2.05) is 36.4 Å². The highest BCUT2D eigenvalue weighted by Crippen LogP contribution is 2.23. The Kier molecular flexibility index (Phi) is 14.8. The quantitative estimate of drug-likeness (QED) is 0.138. The van der Waals surface area contributed by atoms with Gasteiger partial charge in [0.2, 0.25) is 17.7 Å². The minimum atomic E-state index is -3.93. The number of Topliss-reactive ketones (excluding diaryl/α,β-unsaturated/α-hetero) is 1. The number of carbonyl (C=O) groups is 5. The van der Waals surface area contributed by atoms with Gasteiger partial charge in [-0.1, -0.05) is 97.6 Å². The van der Waals surface area contributed by atoms with Crippen LogP contribution >= 0.6 is 0 Å². The summed E-state index contributed by atoms with van der Waals surface area (Å²) in [6.45, 7) is 4.37. The van der Waals surface area contributed by atoms with Crippen molar-refractivity contribution in [3.05, 3.63) is 178 Å². The first-order valence-electron chi connectivity index (χ1n) is 20.2. The highest BCUT2D eigenvalue weighted by Gasteiger charge is 2.31. The summed E-state index contributed by atoms with van der Waals surface area (Å²) in [5.74, 6) is -5.26. The van der Waals surface area contributed by atoms with Gasteiger partial charge in [0.1, 0.15) is 5.78 Å². The molecule has 62 heavy (non-hydrogen) atoms. The molecule has 8 rings (SSSR count). The lowest BCUT2D eigenvalue weighted by Gasteiger charge is -2.21. The predicted octanol–water partition coefficient (Wildman–Crippen LogP) is 4.65. The highest BCUT2D eigenvalue weighted by molar-refractivity contribution is 7.90. The number of nitrogens with one attached hydrogen (secondary N) is 3. The van der Waals surface area contributed by atoms with Gasteiger partial charge >= 0.3 is 5.97 Å². The number of fused-ring (bicyclic) bond motifs is 2. The van der Waals surface area contributed by atoms with Crippen LogP contribution in [0.25, 0.3) is 5.70 Å². The number of pyridine rings is 1. The molecule has 0 saturated carbocycles. The van der Waals surface area contributed by atoms with Crippen molar-refractivity contribution in [2.75, 3.05) is 5.75 Å². The molecule has 3 aliphatic heterocycles. The second kappa shape index (κ2) is 20.6. The topological polar surface area (TPSA) is 215 Å². The van der Waals surface area contributed by atoms with Crippen molar-refractivity contribution < 1.29 is 37.5 Å². The van der Waals surface area contributed by atoms with Crippen LogP contribution < -0.4 is 21.7 Å². The first kappa shape index (κ1) is 44.6. The van der Waals surface area contributed by atoms with E-state index in [4.69, 9.17) is 5.73 Å². The van der Waals surface area contributed by atoms with E-state index in [0.717, 1.165) is 27.8 Å². The molecule has 0 radical (unpaired) electrons. The Balaban J connectivity index is 1.29. The summed E-state index contributed by atoms with van der Waals surface area (Å²) in [6.07, 6.45) is 0.0345. The van der Waals surface area contributed by atoms with Gasteiger partial charge in [-0.05, 0) is 76.1 Å². The third-order valence-corrected chi connectivity index (χ3v) is 12.3. The number of ketones is 1. The molecule has 5 aromatic rings. The molecule has 3 aliphatic rings. The number of carbonyl (C=O) groups excluding carboxylic acids is 4. The molecular weight excluding hydrogens is 807 g/mol. The number of amides is 3. The molecule has 1 aromatic heterocycles. The van der Waals surface area contributed by atoms with Gasteiger partial charge in [0.15, 0.2) is 9.84 Å². The summed E-state index contributed by atoms with van der Waals surface area (Å²) in [4.78, 5) is 70.1. The van der Waals surface area contributed by atoms with Gasteiger partial charge in [-0.2, -0.15) is 0 Å². The largest absolute Gasteiger partial charge is 0.478 e. The molecule has 13 nitrogen and oxygen atoms in total. The molecule has 4 heterocycles. The molecule has 14 heteroatoms. The minimum absolute atomic E-state index is 0.0132. The lowest BCUT2D eigenvalue weighted by Crippen LogP contribution is -2.36. The number of nitrogens with two attached hydrogens (primary N) is 1. The van der Waals surface area contributed by atoms with Crippen LogP contribution in [0.5, 0.6) is 0 Å². The van der Waals surface area contributed by atoms with Crippen LogP contribution in [0.3, 0.4) is 0 Å². The number of rotatable bonds is 9. The molecule has 4 aromatic carbocycles. The summed E-state index contributed by atoms with van der Waals surface area (Å²) in [5.41, 5.74) is 12.3. The van der Waals surface area contributed by atoms with Crippen molar-refractivity contribution >= 4 is 45.0 Å². The Labute approximate surface area is 360 Å². The monoisotopic (exact) mass is 855 g/mol. The van der Waals surface area contributed by atoms with Gasteiger partial charge in [0, 0.05) is 55.0 Å². The van der Waals surface area contributed by atoms with Crippen molar-refractivity contribution in [1.29, 1.82) is 0 Å². The Morgan fingerprint density at radius 2 is 1.19 bits per heavy atom. The average molecular weight is 856 g/mol. The van der Waals surface area contributed by atoms with Crippen molar-refractivity contribution in [3.63, 3.8) is 0 Å². The molecule has 0 spiro atoms. The van der Waals surface area contributed by atoms with E-state index in [-0.39, 0.29) is 75.0 Å². The first-order valence-corrected chi connectivity index (χ1v) is 22.0. The standard InChI is InChI=1S/C48H49N5O8S/c1-31(49)38-17-13-36(14-18-38)28-52-47(57)40-21-32-5-9-34(10-6-32)26-50-45(55)24-42-3-2-4-43(53-42)25-46(56)51-27-35-11-7-33(8-12-35)22-41(44(54)23-40)30-62(60,61)29-37-15-19-39(20-16-37)48(58)59/h2-20,40-41H,1,21-30,49H2,(H,50,55)(H,51,56)(H,52,57)(H,58,59)/t40-,41+/m1/s1. The number of hydrogen-bond acceptors (Lipinski definition) is 9. The number of sulfone groups is 1. The zero-order chi connectivity index (χ0) is 44.2. The highest BCUT2D eigenvalue weighted by atomic mass is 32.2. The molecule has 0 saturated heterocycles. The number of carboxylic acids is 1. The Hall–Kier alpha value is -6.93. The maximum atomic E-state index is 14.5. The van der Waals surface area contributed by atoms with Crippen LogP contribution in [0, 0.1) is 11.8 Å². The Morgan fingerprint density at radius 3 is 1.73 bits per heavy atom. The fourth-order valence-corrected chi connectivity index (χ4v) is 8.94. The zero-order valence-corrected chi connectivity index (χ0v) is 35.0. The van der Waals surface area contributed by atoms with E-state index >= 15 is 0 Å². The number of aromatic carboxylic acids is 1. The van der Waals surface area contributed by atoms with E-state index in [2.05, 4.69) is 27.5 Å². The second-order valence-corrected chi connectivity index (χ2v) is 17.7. The third kappa shape index (κ3) is 13.3. The Bertz CT molecular complexity index is 2540. The van der Waals surface area contributed by atoms with Crippen molar-refractivity contribution in [2.45, 2.75) is 57.5 Å². The Morgan fingerprint density at radius 1 is 0.694 bits per heavy atom. The predicted molar refractivity (Wildman–Crippen MR) is 235 cm³/mol. The summed E-state index contributed by atoms with van der Waals surface area (Å²) in [6, 6.07) is 32.5. The van der Waals surface area contributed by atoms with Crippen LogP contribution in [0.4, 0.5) is 0 Å². The minimum Gasteiger partial charge on any atom is -0.478 e. The van der Waals surface area contributed by atoms with Gasteiger partial charge < -0.3 is 26.8 Å². The molecule has 320 valence electrons. The molecular formula is C48H49N5O8S. The zero-order valence-electron chi connectivity index (χ0n) is 34.1. The maximum absolute atomic E-state index is 14.5. The number of hydrogen-bond donors (Lipinski definition) is 5. The number of nitrogens with zero attached hydrogens (tertiary/aromatic N) is 1. The molecule has 3 amide bonds. The summed E-state index contributed by atoms with van der Waals surface area (Å²) in [7, 11) is -3.93. The van der Waals surface area contributed by atoms with E-state index in [9.17, 15) is 37.5 Å². The lowest BCUT2D eigenvalue weighted by atomic mass is 9.87. The molecule has 2 atom stereocenters. The molecule has 6 N–H and O–H groups in total. The molecule has 0 fully saturated rings. The summed E-state index contributed by atoms with van der Waals surface area (Å²) in [5, 5.41) is 18.1. The summed E-state index contributed by atoms with van der Waals surface area (Å²) < 4.78 is 27.6. The van der Waals surface area contributed by atoms with Gasteiger partial charge in [-0.3, -0.25) is 24.2 Å². The fourth-order valence-electron chi connectivity index (χ4n) is 7.20.